The number of epoxide rings is 1. The number of carboxylic acid groups (broad SMARTS) is 1. The molecule has 1 fully saturated rings. The first-order valence-electron chi connectivity index (χ1n) is 7.29. The zero-order chi connectivity index (χ0) is 15.4. The maximum Gasteiger partial charge on any atom is 0.328 e. The monoisotopic (exact) mass is 290 g/mol. The summed E-state index contributed by atoms with van der Waals surface area (Å²) in [4.78, 5) is 11.0. The third-order valence-corrected chi connectivity index (χ3v) is 3.68. The minimum Gasteiger partial charge on any atom is -0.478 e. The van der Waals surface area contributed by atoms with Gasteiger partial charge < -0.3 is 14.6 Å². The summed E-state index contributed by atoms with van der Waals surface area (Å²) in [5.41, 5.74) is 3.92. The van der Waals surface area contributed by atoms with Gasteiger partial charge in [0.1, 0.15) is 6.10 Å². The van der Waals surface area contributed by atoms with E-state index in [2.05, 4.69) is 0 Å². The second kappa shape index (κ2) is 6.87. The van der Waals surface area contributed by atoms with Crippen LogP contribution in [-0.2, 0) is 14.3 Å². The van der Waals surface area contributed by atoms with Gasteiger partial charge >= 0.3 is 5.97 Å². The van der Waals surface area contributed by atoms with Crippen LogP contribution in [0.3, 0.4) is 0 Å². The lowest BCUT2D eigenvalue weighted by atomic mass is 9.91. The van der Waals surface area contributed by atoms with Crippen molar-refractivity contribution >= 4 is 11.5 Å². The van der Waals surface area contributed by atoms with Gasteiger partial charge in [0, 0.05) is 6.08 Å². The number of hydrogen-bond acceptors (Lipinski definition) is 3. The van der Waals surface area contributed by atoms with Crippen LogP contribution in [0.5, 0.6) is 0 Å². The van der Waals surface area contributed by atoms with E-state index in [1.54, 1.807) is 0 Å². The molecule has 21 heavy (non-hydrogen) atoms. The quantitative estimate of drug-likeness (QED) is 0.618. The molecule has 0 spiro atoms. The third kappa shape index (κ3) is 4.16. The minimum absolute atomic E-state index is 0.0900. The van der Waals surface area contributed by atoms with Crippen molar-refractivity contribution in [3.63, 3.8) is 0 Å². The van der Waals surface area contributed by atoms with Crippen LogP contribution in [0, 0.1) is 6.92 Å². The summed E-state index contributed by atoms with van der Waals surface area (Å²) in [7, 11) is 0. The molecular weight excluding hydrogens is 268 g/mol. The number of allylic oxidation sites excluding steroid dienone is 1. The van der Waals surface area contributed by atoms with E-state index in [1.165, 1.54) is 6.08 Å². The van der Waals surface area contributed by atoms with E-state index in [0.717, 1.165) is 28.9 Å². The first-order chi connectivity index (χ1) is 10.0. The number of ether oxygens (including phenoxy) is 2. The molecule has 0 saturated carbocycles. The van der Waals surface area contributed by atoms with Crippen molar-refractivity contribution in [2.75, 3.05) is 13.2 Å². The molecule has 114 valence electrons. The van der Waals surface area contributed by atoms with Gasteiger partial charge in [-0.25, -0.2) is 4.79 Å². The third-order valence-electron chi connectivity index (χ3n) is 3.68. The van der Waals surface area contributed by atoms with Crippen LogP contribution in [0.4, 0.5) is 0 Å². The van der Waals surface area contributed by atoms with Gasteiger partial charge in [-0.1, -0.05) is 25.1 Å². The highest BCUT2D eigenvalue weighted by Gasteiger charge is 2.24. The average molecular weight is 290 g/mol. The molecule has 1 N–H and O–H groups in total. The molecule has 0 amide bonds. The molecule has 0 aromatic heterocycles. The first-order valence-corrected chi connectivity index (χ1v) is 7.29. The van der Waals surface area contributed by atoms with Gasteiger partial charge in [-0.15, -0.1) is 0 Å². The second-order valence-corrected chi connectivity index (χ2v) is 5.33. The van der Waals surface area contributed by atoms with E-state index in [0.29, 0.717) is 13.0 Å². The fourth-order valence-corrected chi connectivity index (χ4v) is 2.47. The van der Waals surface area contributed by atoms with Gasteiger partial charge in [0.2, 0.25) is 0 Å². The van der Waals surface area contributed by atoms with Gasteiger partial charge in [0.15, 0.2) is 0 Å². The maximum absolute atomic E-state index is 11.0. The summed E-state index contributed by atoms with van der Waals surface area (Å²) in [5.74, 6) is -0.916. The smallest absolute Gasteiger partial charge is 0.328 e. The predicted octanol–water partition coefficient (Wildman–Crippen LogP) is 3.35. The van der Waals surface area contributed by atoms with Gasteiger partial charge in [0.05, 0.1) is 19.3 Å². The summed E-state index contributed by atoms with van der Waals surface area (Å²) >= 11 is 0. The number of aryl methyl sites for hydroxylation is 1. The highest BCUT2D eigenvalue weighted by Crippen LogP contribution is 2.31. The lowest BCUT2D eigenvalue weighted by Crippen LogP contribution is -2.09. The van der Waals surface area contributed by atoms with E-state index >= 15 is 0 Å². The Labute approximate surface area is 125 Å². The molecule has 2 atom stereocenters. The van der Waals surface area contributed by atoms with Crippen LogP contribution in [0.1, 0.15) is 43.1 Å². The average Bonchev–Trinajstić information content (AvgIpc) is 3.26. The van der Waals surface area contributed by atoms with Crippen molar-refractivity contribution in [2.24, 2.45) is 0 Å². The number of carbonyl (C=O) groups is 1. The van der Waals surface area contributed by atoms with Crippen LogP contribution in [0.15, 0.2) is 24.3 Å². The first kappa shape index (κ1) is 15.7. The summed E-state index contributed by atoms with van der Waals surface area (Å²) in [6.07, 6.45) is 2.10. The number of hydrogen-bond donors (Lipinski definition) is 1. The van der Waals surface area contributed by atoms with E-state index < -0.39 is 5.97 Å². The Balaban J connectivity index is 2.31. The molecule has 1 heterocycles. The molecule has 0 aliphatic carbocycles. The maximum atomic E-state index is 11.0. The Morgan fingerprint density at radius 3 is 2.86 bits per heavy atom. The lowest BCUT2D eigenvalue weighted by molar-refractivity contribution is -0.131. The summed E-state index contributed by atoms with van der Waals surface area (Å²) in [5, 5.41) is 9.06. The summed E-state index contributed by atoms with van der Waals surface area (Å²) in [6, 6.07) is 5.99. The second-order valence-electron chi connectivity index (χ2n) is 5.33. The largest absolute Gasteiger partial charge is 0.478 e. The van der Waals surface area contributed by atoms with E-state index in [4.69, 9.17) is 14.6 Å². The van der Waals surface area contributed by atoms with Gasteiger partial charge in [0.25, 0.3) is 0 Å². The Hall–Kier alpha value is -1.65. The fraction of sp³-hybridized carbons (Fsp3) is 0.471. The molecule has 0 bridgehead atoms. The molecule has 2 rings (SSSR count). The van der Waals surface area contributed by atoms with E-state index in [9.17, 15) is 4.79 Å². The molecule has 1 aromatic rings. The van der Waals surface area contributed by atoms with Gasteiger partial charge in [-0.3, -0.25) is 0 Å². The predicted molar refractivity (Wildman–Crippen MR) is 81.2 cm³/mol. The Morgan fingerprint density at radius 1 is 1.57 bits per heavy atom. The molecule has 0 unspecified atom stereocenters. The van der Waals surface area contributed by atoms with Gasteiger partial charge in [-0.05, 0) is 42.5 Å². The number of aliphatic carboxylic acids is 1. The zero-order valence-corrected chi connectivity index (χ0v) is 12.8. The van der Waals surface area contributed by atoms with E-state index in [1.807, 2.05) is 39.0 Å². The van der Waals surface area contributed by atoms with Crippen LogP contribution >= 0.6 is 0 Å². The standard InChI is InChI=1S/C17H22O4/c1-4-13(8-16(18)19)17-11(2)6-5-7-15(17)12(3)20-9-14-10-21-14/h5-8,12,14H,4,9-10H2,1-3H3,(H,18,19)/b13-8+/t12-,14+/m1/s1. The zero-order valence-electron chi connectivity index (χ0n) is 12.8. The lowest BCUT2D eigenvalue weighted by Gasteiger charge is -2.20. The fourth-order valence-electron chi connectivity index (χ4n) is 2.47. The topological polar surface area (TPSA) is 59.1 Å². The Bertz CT molecular complexity index is 544. The van der Waals surface area contributed by atoms with Crippen molar-refractivity contribution < 1.29 is 19.4 Å². The molecule has 1 aromatic carbocycles. The normalized spacial score (nSPS) is 19.4. The van der Waals surface area contributed by atoms with Crippen LogP contribution < -0.4 is 0 Å². The number of rotatable bonds is 7. The minimum atomic E-state index is -0.916. The van der Waals surface area contributed by atoms with Crippen molar-refractivity contribution in [1.82, 2.24) is 0 Å². The van der Waals surface area contributed by atoms with Crippen molar-refractivity contribution in [1.29, 1.82) is 0 Å². The molecule has 1 saturated heterocycles. The summed E-state index contributed by atoms with van der Waals surface area (Å²) < 4.78 is 11.0. The van der Waals surface area contributed by atoms with E-state index in [-0.39, 0.29) is 12.2 Å². The Morgan fingerprint density at radius 2 is 2.29 bits per heavy atom. The van der Waals surface area contributed by atoms with Crippen LogP contribution in [-0.4, -0.2) is 30.4 Å². The number of benzene rings is 1. The number of carboxylic acids is 1. The SMILES string of the molecule is CC/C(=C\C(=O)O)c1c(C)cccc1[C@@H](C)OC[C@H]1CO1. The van der Waals surface area contributed by atoms with Crippen molar-refractivity contribution in [3.05, 3.63) is 41.0 Å². The van der Waals surface area contributed by atoms with Crippen molar-refractivity contribution in [2.45, 2.75) is 39.4 Å². The van der Waals surface area contributed by atoms with Gasteiger partial charge in [-0.2, -0.15) is 0 Å². The molecule has 4 heteroatoms. The molecule has 4 nitrogen and oxygen atoms in total. The molecule has 0 radical (unpaired) electrons. The van der Waals surface area contributed by atoms with Crippen LogP contribution in [0.25, 0.3) is 5.57 Å². The molecule has 1 aliphatic heterocycles. The highest BCUT2D eigenvalue weighted by molar-refractivity contribution is 5.91. The highest BCUT2D eigenvalue weighted by atomic mass is 16.6. The molecule has 1 aliphatic rings. The molecular formula is C17H22O4. The van der Waals surface area contributed by atoms with Crippen LogP contribution in [0.2, 0.25) is 0 Å². The summed E-state index contributed by atoms with van der Waals surface area (Å²) in [6.45, 7) is 7.31. The van der Waals surface area contributed by atoms with Crippen molar-refractivity contribution in [3.8, 4) is 0 Å². The Kier molecular flexibility index (Phi) is 5.15.